The fourth-order valence-electron chi connectivity index (χ4n) is 1.26. The van der Waals surface area contributed by atoms with Gasteiger partial charge in [-0.15, -0.1) is 0 Å². The van der Waals surface area contributed by atoms with Gasteiger partial charge in [-0.25, -0.2) is 4.98 Å². The van der Waals surface area contributed by atoms with Gasteiger partial charge in [0.2, 0.25) is 11.8 Å². The Morgan fingerprint density at radius 1 is 1.41 bits per heavy atom. The normalized spacial score (nSPS) is 9.88. The van der Waals surface area contributed by atoms with E-state index in [2.05, 4.69) is 14.7 Å². The molecule has 1 aromatic heterocycles. The SMILES string of the molecule is COC(=O)CCN(C)c1nc(C)cc(OC)n1. The molecule has 0 aliphatic carbocycles. The Morgan fingerprint density at radius 3 is 2.71 bits per heavy atom. The Balaban J connectivity index is 2.71. The molecule has 0 amide bonds. The van der Waals surface area contributed by atoms with Crippen molar-refractivity contribution >= 4 is 11.9 Å². The molecule has 1 rings (SSSR count). The molecule has 0 unspecified atom stereocenters. The zero-order valence-electron chi connectivity index (χ0n) is 10.6. The molecule has 0 aliphatic rings. The highest BCUT2D eigenvalue weighted by Crippen LogP contribution is 2.14. The molecular weight excluding hydrogens is 222 g/mol. The van der Waals surface area contributed by atoms with Gasteiger partial charge in [-0.3, -0.25) is 4.79 Å². The predicted molar refractivity (Wildman–Crippen MR) is 63.2 cm³/mol. The van der Waals surface area contributed by atoms with Crippen molar-refractivity contribution in [1.29, 1.82) is 0 Å². The van der Waals surface area contributed by atoms with Crippen molar-refractivity contribution in [3.05, 3.63) is 11.8 Å². The number of nitrogens with zero attached hydrogens (tertiary/aromatic N) is 3. The lowest BCUT2D eigenvalue weighted by Gasteiger charge is -2.17. The molecule has 6 heteroatoms. The van der Waals surface area contributed by atoms with Crippen LogP contribution in [0.2, 0.25) is 0 Å². The van der Waals surface area contributed by atoms with Crippen molar-refractivity contribution < 1.29 is 14.3 Å². The molecule has 0 aromatic carbocycles. The quantitative estimate of drug-likeness (QED) is 0.708. The van der Waals surface area contributed by atoms with Crippen LogP contribution < -0.4 is 9.64 Å². The number of carbonyl (C=O) groups is 1. The maximum absolute atomic E-state index is 11.0. The third-order valence-corrected chi connectivity index (χ3v) is 2.25. The number of methoxy groups -OCH3 is 2. The first-order valence-electron chi connectivity index (χ1n) is 5.24. The molecule has 0 radical (unpaired) electrons. The maximum Gasteiger partial charge on any atom is 0.307 e. The van der Waals surface area contributed by atoms with E-state index in [1.165, 1.54) is 7.11 Å². The summed E-state index contributed by atoms with van der Waals surface area (Å²) in [6.07, 6.45) is 0.298. The molecule has 0 saturated carbocycles. The largest absolute Gasteiger partial charge is 0.481 e. The number of anilines is 1. The van der Waals surface area contributed by atoms with Gasteiger partial charge in [-0.05, 0) is 6.92 Å². The first-order chi connectivity index (χ1) is 8.06. The molecule has 0 saturated heterocycles. The van der Waals surface area contributed by atoms with E-state index in [1.807, 2.05) is 14.0 Å². The second kappa shape index (κ2) is 6.03. The molecule has 0 atom stereocenters. The number of hydrogen-bond donors (Lipinski definition) is 0. The van der Waals surface area contributed by atoms with Gasteiger partial charge < -0.3 is 14.4 Å². The van der Waals surface area contributed by atoms with Crippen LogP contribution in [0.25, 0.3) is 0 Å². The van der Waals surface area contributed by atoms with Gasteiger partial charge >= 0.3 is 5.97 Å². The molecule has 0 N–H and O–H groups in total. The summed E-state index contributed by atoms with van der Waals surface area (Å²) in [7, 11) is 4.74. The van der Waals surface area contributed by atoms with Crippen LogP contribution in [0.3, 0.4) is 0 Å². The van der Waals surface area contributed by atoms with Crippen LogP contribution >= 0.6 is 0 Å². The third-order valence-electron chi connectivity index (χ3n) is 2.25. The summed E-state index contributed by atoms with van der Waals surface area (Å²) < 4.78 is 9.64. The van der Waals surface area contributed by atoms with E-state index in [4.69, 9.17) is 4.74 Å². The molecule has 0 aliphatic heterocycles. The summed E-state index contributed by atoms with van der Waals surface area (Å²) in [4.78, 5) is 21.3. The smallest absolute Gasteiger partial charge is 0.307 e. The average Bonchev–Trinajstić information content (AvgIpc) is 2.34. The van der Waals surface area contributed by atoms with Crippen LogP contribution in [0.1, 0.15) is 12.1 Å². The van der Waals surface area contributed by atoms with Gasteiger partial charge in [0.15, 0.2) is 0 Å². The van der Waals surface area contributed by atoms with Gasteiger partial charge in [0.05, 0.1) is 20.6 Å². The number of esters is 1. The van der Waals surface area contributed by atoms with Crippen LogP contribution in [-0.2, 0) is 9.53 Å². The minimum absolute atomic E-state index is 0.253. The third kappa shape index (κ3) is 3.90. The first-order valence-corrected chi connectivity index (χ1v) is 5.24. The number of aromatic nitrogens is 2. The number of ether oxygens (including phenoxy) is 2. The fraction of sp³-hybridized carbons (Fsp3) is 0.545. The lowest BCUT2D eigenvalue weighted by molar-refractivity contribution is -0.140. The lowest BCUT2D eigenvalue weighted by Crippen LogP contribution is -2.23. The van der Waals surface area contributed by atoms with Gasteiger partial charge in [-0.2, -0.15) is 4.98 Å². The monoisotopic (exact) mass is 239 g/mol. The maximum atomic E-state index is 11.0. The summed E-state index contributed by atoms with van der Waals surface area (Å²) in [5.41, 5.74) is 0.816. The lowest BCUT2D eigenvalue weighted by atomic mass is 10.4. The minimum atomic E-state index is -0.253. The van der Waals surface area contributed by atoms with Crippen LogP contribution in [-0.4, -0.2) is 43.7 Å². The highest BCUT2D eigenvalue weighted by atomic mass is 16.5. The molecule has 0 fully saturated rings. The van der Waals surface area contributed by atoms with Gasteiger partial charge in [0.1, 0.15) is 0 Å². The number of aryl methyl sites for hydroxylation is 1. The van der Waals surface area contributed by atoms with Crippen molar-refractivity contribution in [2.45, 2.75) is 13.3 Å². The highest BCUT2D eigenvalue weighted by Gasteiger charge is 2.09. The first kappa shape index (κ1) is 13.2. The summed E-state index contributed by atoms with van der Waals surface area (Å²) in [5, 5.41) is 0. The molecule has 1 aromatic rings. The summed E-state index contributed by atoms with van der Waals surface area (Å²) in [5.74, 6) is 0.791. The zero-order valence-corrected chi connectivity index (χ0v) is 10.6. The molecule has 17 heavy (non-hydrogen) atoms. The van der Waals surface area contributed by atoms with Crippen LogP contribution in [0.4, 0.5) is 5.95 Å². The Kier molecular flexibility index (Phi) is 4.68. The number of carbonyl (C=O) groups excluding carboxylic acids is 1. The standard InChI is InChI=1S/C11H17N3O3/c1-8-7-9(16-3)13-11(12-8)14(2)6-5-10(15)17-4/h7H,5-6H2,1-4H3. The van der Waals surface area contributed by atoms with Gasteiger partial charge in [-0.1, -0.05) is 0 Å². The van der Waals surface area contributed by atoms with Crippen molar-refractivity contribution in [3.8, 4) is 5.88 Å². The summed E-state index contributed by atoms with van der Waals surface area (Å²) in [6.45, 7) is 2.36. The molecule has 94 valence electrons. The number of hydrogen-bond acceptors (Lipinski definition) is 6. The Hall–Kier alpha value is -1.85. The molecule has 0 bridgehead atoms. The molecular formula is C11H17N3O3. The Bertz CT molecular complexity index is 396. The van der Waals surface area contributed by atoms with Crippen LogP contribution in [0, 0.1) is 6.92 Å². The Morgan fingerprint density at radius 2 is 2.12 bits per heavy atom. The fourth-order valence-corrected chi connectivity index (χ4v) is 1.26. The van der Waals surface area contributed by atoms with Crippen LogP contribution in [0.5, 0.6) is 5.88 Å². The molecule has 1 heterocycles. The number of rotatable bonds is 5. The van der Waals surface area contributed by atoms with Gasteiger partial charge in [0.25, 0.3) is 0 Å². The van der Waals surface area contributed by atoms with Crippen molar-refractivity contribution in [2.24, 2.45) is 0 Å². The van der Waals surface area contributed by atoms with E-state index >= 15 is 0 Å². The van der Waals surface area contributed by atoms with Crippen LogP contribution in [0.15, 0.2) is 6.07 Å². The van der Waals surface area contributed by atoms with E-state index in [9.17, 15) is 4.79 Å². The Labute approximate surface area is 101 Å². The van der Waals surface area contributed by atoms with E-state index in [1.54, 1.807) is 18.1 Å². The van der Waals surface area contributed by atoms with E-state index in [0.29, 0.717) is 24.8 Å². The van der Waals surface area contributed by atoms with E-state index < -0.39 is 0 Å². The van der Waals surface area contributed by atoms with Gasteiger partial charge in [0, 0.05) is 25.4 Å². The molecule has 6 nitrogen and oxygen atoms in total. The summed E-state index contributed by atoms with van der Waals surface area (Å²) in [6, 6.07) is 1.75. The van der Waals surface area contributed by atoms with Crippen molar-refractivity contribution in [3.63, 3.8) is 0 Å². The predicted octanol–water partition coefficient (Wildman–Crippen LogP) is 0.793. The van der Waals surface area contributed by atoms with Crippen molar-refractivity contribution in [2.75, 3.05) is 32.7 Å². The van der Waals surface area contributed by atoms with E-state index in [0.717, 1.165) is 5.69 Å². The second-order valence-corrected chi connectivity index (χ2v) is 3.60. The topological polar surface area (TPSA) is 64.5 Å². The van der Waals surface area contributed by atoms with E-state index in [-0.39, 0.29) is 5.97 Å². The average molecular weight is 239 g/mol. The van der Waals surface area contributed by atoms with Crippen molar-refractivity contribution in [1.82, 2.24) is 9.97 Å². The zero-order chi connectivity index (χ0) is 12.8. The second-order valence-electron chi connectivity index (χ2n) is 3.60. The minimum Gasteiger partial charge on any atom is -0.481 e. The summed E-state index contributed by atoms with van der Waals surface area (Å²) >= 11 is 0. The highest BCUT2D eigenvalue weighted by molar-refractivity contribution is 5.69. The molecule has 0 spiro atoms.